The van der Waals surface area contributed by atoms with Crippen LogP contribution in [0.5, 0.6) is 5.75 Å². The number of ether oxygens (including phenoxy) is 1. The van der Waals surface area contributed by atoms with Gasteiger partial charge in [0.1, 0.15) is 5.75 Å². The van der Waals surface area contributed by atoms with Crippen molar-refractivity contribution in [3.05, 3.63) is 29.3 Å². The fourth-order valence-corrected chi connectivity index (χ4v) is 2.38. The van der Waals surface area contributed by atoms with E-state index in [-0.39, 0.29) is 0 Å². The summed E-state index contributed by atoms with van der Waals surface area (Å²) in [5.74, 6) is 1.06. The number of rotatable bonds is 5. The van der Waals surface area contributed by atoms with Crippen LogP contribution < -0.4 is 10.1 Å². The zero-order chi connectivity index (χ0) is 12.1. The fourth-order valence-electron chi connectivity index (χ4n) is 2.38. The van der Waals surface area contributed by atoms with Crippen molar-refractivity contribution in [1.82, 2.24) is 5.32 Å². The maximum Gasteiger partial charge on any atom is 0.124 e. The third-order valence-corrected chi connectivity index (χ3v) is 3.38. The number of hydrogen-bond donors (Lipinski definition) is 1. The van der Waals surface area contributed by atoms with Gasteiger partial charge in [0.15, 0.2) is 0 Å². The molecule has 1 N–H and O–H groups in total. The first-order valence-corrected chi connectivity index (χ1v) is 6.78. The zero-order valence-electron chi connectivity index (χ0n) is 11.0. The first-order valence-electron chi connectivity index (χ1n) is 6.78. The summed E-state index contributed by atoms with van der Waals surface area (Å²) in [6.45, 7) is 6.34. The Bertz CT molecular complexity index is 362. The summed E-state index contributed by atoms with van der Waals surface area (Å²) in [6.07, 6.45) is 4.96. The highest BCUT2D eigenvalue weighted by Gasteiger charge is 2.20. The number of aryl methyl sites for hydroxylation is 1. The highest BCUT2D eigenvalue weighted by atomic mass is 16.5. The molecule has 0 fully saturated rings. The molecule has 1 atom stereocenters. The standard InChI is InChI=1S/C15H23NO/c1-3-4-5-9-16-14-8-10-17-15-7-6-12(2)11-13(14)15/h6-7,11,14,16H,3-5,8-10H2,1-2H3. The van der Waals surface area contributed by atoms with E-state index in [1.165, 1.54) is 30.4 Å². The Labute approximate surface area is 104 Å². The van der Waals surface area contributed by atoms with Crippen LogP contribution in [0.25, 0.3) is 0 Å². The van der Waals surface area contributed by atoms with Gasteiger partial charge in [0.25, 0.3) is 0 Å². The molecule has 0 bridgehead atoms. The van der Waals surface area contributed by atoms with E-state index in [4.69, 9.17) is 4.74 Å². The van der Waals surface area contributed by atoms with Crippen molar-refractivity contribution in [3.8, 4) is 5.75 Å². The lowest BCUT2D eigenvalue weighted by Gasteiger charge is -2.27. The minimum absolute atomic E-state index is 0.482. The number of nitrogens with one attached hydrogen (secondary N) is 1. The number of unbranched alkanes of at least 4 members (excludes halogenated alkanes) is 2. The average molecular weight is 233 g/mol. The molecule has 1 unspecified atom stereocenters. The molecule has 0 amide bonds. The molecule has 94 valence electrons. The summed E-state index contributed by atoms with van der Waals surface area (Å²) in [5.41, 5.74) is 2.65. The SMILES string of the molecule is CCCCCNC1CCOc2ccc(C)cc21. The van der Waals surface area contributed by atoms with E-state index in [2.05, 4.69) is 37.4 Å². The Morgan fingerprint density at radius 2 is 2.24 bits per heavy atom. The molecule has 0 saturated carbocycles. The molecule has 1 heterocycles. The van der Waals surface area contributed by atoms with Gasteiger partial charge >= 0.3 is 0 Å². The Morgan fingerprint density at radius 1 is 1.35 bits per heavy atom. The highest BCUT2D eigenvalue weighted by molar-refractivity contribution is 5.40. The molecule has 17 heavy (non-hydrogen) atoms. The molecular weight excluding hydrogens is 210 g/mol. The van der Waals surface area contributed by atoms with E-state index in [1.54, 1.807) is 0 Å². The van der Waals surface area contributed by atoms with Crippen LogP contribution in [-0.4, -0.2) is 13.2 Å². The smallest absolute Gasteiger partial charge is 0.124 e. The van der Waals surface area contributed by atoms with Crippen molar-refractivity contribution < 1.29 is 4.74 Å². The van der Waals surface area contributed by atoms with Crippen molar-refractivity contribution in [3.63, 3.8) is 0 Å². The molecule has 2 rings (SSSR count). The number of hydrogen-bond acceptors (Lipinski definition) is 2. The van der Waals surface area contributed by atoms with Crippen molar-refractivity contribution in [2.45, 2.75) is 45.6 Å². The van der Waals surface area contributed by atoms with E-state index < -0.39 is 0 Å². The van der Waals surface area contributed by atoms with Gasteiger partial charge in [-0.05, 0) is 26.0 Å². The lowest BCUT2D eigenvalue weighted by molar-refractivity contribution is 0.252. The van der Waals surface area contributed by atoms with Gasteiger partial charge in [-0.1, -0.05) is 37.5 Å². The molecule has 1 aliphatic heterocycles. The summed E-state index contributed by atoms with van der Waals surface area (Å²) in [6, 6.07) is 6.96. The summed E-state index contributed by atoms with van der Waals surface area (Å²) in [4.78, 5) is 0. The Balaban J connectivity index is 1.98. The topological polar surface area (TPSA) is 21.3 Å². The van der Waals surface area contributed by atoms with Crippen molar-refractivity contribution in [2.75, 3.05) is 13.2 Å². The molecular formula is C15H23NO. The van der Waals surface area contributed by atoms with Gasteiger partial charge in [0.2, 0.25) is 0 Å². The molecule has 1 aromatic carbocycles. The average Bonchev–Trinajstić information content (AvgIpc) is 2.35. The summed E-state index contributed by atoms with van der Waals surface area (Å²) >= 11 is 0. The molecule has 2 nitrogen and oxygen atoms in total. The maximum atomic E-state index is 5.70. The minimum Gasteiger partial charge on any atom is -0.493 e. The van der Waals surface area contributed by atoms with Crippen molar-refractivity contribution in [2.24, 2.45) is 0 Å². The second kappa shape index (κ2) is 6.06. The highest BCUT2D eigenvalue weighted by Crippen LogP contribution is 2.32. The summed E-state index contributed by atoms with van der Waals surface area (Å²) in [5, 5.41) is 3.66. The van der Waals surface area contributed by atoms with Crippen molar-refractivity contribution >= 4 is 0 Å². The van der Waals surface area contributed by atoms with Gasteiger partial charge in [-0.25, -0.2) is 0 Å². The van der Waals surface area contributed by atoms with Crippen LogP contribution in [0.15, 0.2) is 18.2 Å². The molecule has 0 radical (unpaired) electrons. The quantitative estimate of drug-likeness (QED) is 0.785. The second-order valence-corrected chi connectivity index (χ2v) is 4.89. The van der Waals surface area contributed by atoms with Crippen LogP contribution in [0, 0.1) is 6.92 Å². The molecule has 1 aromatic rings. The van der Waals surface area contributed by atoms with E-state index in [1.807, 2.05) is 0 Å². The molecule has 0 aromatic heterocycles. The Kier molecular flexibility index (Phi) is 4.43. The second-order valence-electron chi connectivity index (χ2n) is 4.89. The summed E-state index contributed by atoms with van der Waals surface area (Å²) < 4.78 is 5.70. The molecule has 2 heteroatoms. The van der Waals surface area contributed by atoms with Crippen LogP contribution in [0.1, 0.15) is 49.8 Å². The van der Waals surface area contributed by atoms with Crippen LogP contribution in [0.3, 0.4) is 0 Å². The number of benzene rings is 1. The summed E-state index contributed by atoms with van der Waals surface area (Å²) in [7, 11) is 0. The third-order valence-electron chi connectivity index (χ3n) is 3.38. The first-order chi connectivity index (χ1) is 8.31. The maximum absolute atomic E-state index is 5.70. The van der Waals surface area contributed by atoms with E-state index in [9.17, 15) is 0 Å². The predicted molar refractivity (Wildman–Crippen MR) is 71.6 cm³/mol. The van der Waals surface area contributed by atoms with Crippen molar-refractivity contribution in [1.29, 1.82) is 0 Å². The minimum atomic E-state index is 0.482. The van der Waals surface area contributed by atoms with Gasteiger partial charge in [-0.15, -0.1) is 0 Å². The molecule has 0 aliphatic carbocycles. The third kappa shape index (κ3) is 3.22. The van der Waals surface area contributed by atoms with Gasteiger partial charge in [-0.2, -0.15) is 0 Å². The normalized spacial score (nSPS) is 18.6. The molecule has 0 spiro atoms. The molecule has 0 saturated heterocycles. The van der Waals surface area contributed by atoms with Gasteiger partial charge in [0, 0.05) is 18.0 Å². The monoisotopic (exact) mass is 233 g/mol. The predicted octanol–water partition coefficient (Wildman–Crippen LogP) is 3.60. The van der Waals surface area contributed by atoms with Crippen LogP contribution in [0.2, 0.25) is 0 Å². The fraction of sp³-hybridized carbons (Fsp3) is 0.600. The Morgan fingerprint density at radius 3 is 3.06 bits per heavy atom. The van der Waals surface area contributed by atoms with E-state index in [0.29, 0.717) is 6.04 Å². The lowest BCUT2D eigenvalue weighted by Crippen LogP contribution is -2.27. The van der Waals surface area contributed by atoms with Crippen LogP contribution in [-0.2, 0) is 0 Å². The lowest BCUT2D eigenvalue weighted by atomic mass is 9.98. The zero-order valence-corrected chi connectivity index (χ0v) is 11.0. The van der Waals surface area contributed by atoms with Gasteiger partial charge in [0.05, 0.1) is 6.61 Å². The van der Waals surface area contributed by atoms with Crippen LogP contribution >= 0.6 is 0 Å². The molecule has 1 aliphatic rings. The number of fused-ring (bicyclic) bond motifs is 1. The van der Waals surface area contributed by atoms with E-state index in [0.717, 1.165) is 25.3 Å². The first kappa shape index (κ1) is 12.4. The van der Waals surface area contributed by atoms with Gasteiger partial charge in [-0.3, -0.25) is 0 Å². The van der Waals surface area contributed by atoms with E-state index >= 15 is 0 Å². The van der Waals surface area contributed by atoms with Gasteiger partial charge < -0.3 is 10.1 Å². The van der Waals surface area contributed by atoms with Crippen LogP contribution in [0.4, 0.5) is 0 Å². The largest absolute Gasteiger partial charge is 0.493 e. The Hall–Kier alpha value is -1.02.